The van der Waals surface area contributed by atoms with Crippen molar-refractivity contribution < 1.29 is 18.7 Å². The van der Waals surface area contributed by atoms with E-state index in [-0.39, 0.29) is 24.2 Å². The molecule has 3 aliphatic rings. The Morgan fingerprint density at radius 1 is 1.29 bits per heavy atom. The topological polar surface area (TPSA) is 50.8 Å². The van der Waals surface area contributed by atoms with Crippen LogP contribution in [0, 0.1) is 23.6 Å². The number of halogens is 1. The second-order valence-corrected chi connectivity index (χ2v) is 8.47. The summed E-state index contributed by atoms with van der Waals surface area (Å²) in [5.41, 5.74) is 0.423. The lowest BCUT2D eigenvalue weighted by molar-refractivity contribution is -0.142. The van der Waals surface area contributed by atoms with Crippen LogP contribution in [-0.2, 0) is 16.0 Å². The molecule has 3 fully saturated rings. The lowest BCUT2D eigenvalue weighted by atomic mass is 9.91. The summed E-state index contributed by atoms with van der Waals surface area (Å²) >= 11 is 0. The van der Waals surface area contributed by atoms with Crippen LogP contribution in [0.15, 0.2) is 18.2 Å². The number of rotatable bonds is 8. The second kappa shape index (κ2) is 8.78. The van der Waals surface area contributed by atoms with Crippen LogP contribution in [0.1, 0.15) is 31.2 Å². The van der Waals surface area contributed by atoms with Crippen molar-refractivity contribution in [3.63, 3.8) is 0 Å². The molecule has 5 nitrogen and oxygen atoms in total. The molecule has 0 aromatic heterocycles. The summed E-state index contributed by atoms with van der Waals surface area (Å²) in [7, 11) is 1.64. The Morgan fingerprint density at radius 2 is 2.07 bits per heavy atom. The third-order valence-corrected chi connectivity index (χ3v) is 6.62. The number of nitrogens with zero attached hydrogens (tertiary/aromatic N) is 1. The van der Waals surface area contributed by atoms with Crippen molar-refractivity contribution in [2.24, 2.45) is 17.8 Å². The maximum atomic E-state index is 14.4. The van der Waals surface area contributed by atoms with Crippen LogP contribution in [0.3, 0.4) is 0 Å². The monoisotopic (exact) mass is 390 g/mol. The van der Waals surface area contributed by atoms with Gasteiger partial charge in [0.25, 0.3) is 0 Å². The van der Waals surface area contributed by atoms with Crippen molar-refractivity contribution in [3.8, 4) is 5.75 Å². The maximum Gasteiger partial charge on any atom is 0.227 e. The van der Waals surface area contributed by atoms with E-state index in [2.05, 4.69) is 5.32 Å². The van der Waals surface area contributed by atoms with E-state index in [0.29, 0.717) is 31.0 Å². The molecule has 6 heteroatoms. The fourth-order valence-corrected chi connectivity index (χ4v) is 4.61. The van der Waals surface area contributed by atoms with Gasteiger partial charge in [-0.3, -0.25) is 4.79 Å². The zero-order valence-electron chi connectivity index (χ0n) is 16.7. The second-order valence-electron chi connectivity index (χ2n) is 8.47. The zero-order valence-corrected chi connectivity index (χ0v) is 16.7. The number of likely N-dealkylation sites (tertiary alicyclic amines) is 1. The Hall–Kier alpha value is -1.66. The number of carbonyl (C=O) groups is 1. The first-order chi connectivity index (χ1) is 13.6. The van der Waals surface area contributed by atoms with Crippen molar-refractivity contribution in [3.05, 3.63) is 29.6 Å². The molecular weight excluding hydrogens is 359 g/mol. The quantitative estimate of drug-likeness (QED) is 0.741. The van der Waals surface area contributed by atoms with Gasteiger partial charge >= 0.3 is 0 Å². The number of ether oxygens (including phenoxy) is 2. The SMILES string of the molecule is COC1CN(C(=O)Cc2ccc(OCC[C@@H]3C[C@@H]3C3CCNCC3)cc2F)C1. The molecule has 1 aromatic rings. The number of carbonyl (C=O) groups excluding carboxylic acids is 1. The molecule has 0 spiro atoms. The normalized spacial score (nSPS) is 25.4. The average molecular weight is 390 g/mol. The van der Waals surface area contributed by atoms with Crippen molar-refractivity contribution in [1.29, 1.82) is 0 Å². The van der Waals surface area contributed by atoms with Gasteiger partial charge in [-0.15, -0.1) is 0 Å². The Kier molecular flexibility index (Phi) is 6.16. The minimum Gasteiger partial charge on any atom is -0.493 e. The van der Waals surface area contributed by atoms with E-state index in [1.54, 1.807) is 24.1 Å². The number of methoxy groups -OCH3 is 1. The van der Waals surface area contributed by atoms with E-state index >= 15 is 0 Å². The number of hydrogen-bond acceptors (Lipinski definition) is 4. The minimum atomic E-state index is -0.367. The van der Waals surface area contributed by atoms with Crippen LogP contribution >= 0.6 is 0 Å². The van der Waals surface area contributed by atoms with E-state index < -0.39 is 0 Å². The Balaban J connectivity index is 1.19. The number of piperidine rings is 1. The zero-order chi connectivity index (χ0) is 19.5. The minimum absolute atomic E-state index is 0.0569. The van der Waals surface area contributed by atoms with Gasteiger partial charge in [0.2, 0.25) is 5.91 Å². The van der Waals surface area contributed by atoms with Crippen LogP contribution in [0.2, 0.25) is 0 Å². The average Bonchev–Trinajstić information content (AvgIpc) is 3.43. The predicted molar refractivity (Wildman–Crippen MR) is 105 cm³/mol. The first kappa shape index (κ1) is 19.6. The number of nitrogens with one attached hydrogen (secondary N) is 1. The van der Waals surface area contributed by atoms with Gasteiger partial charge < -0.3 is 19.7 Å². The summed E-state index contributed by atoms with van der Waals surface area (Å²) < 4.78 is 25.3. The van der Waals surface area contributed by atoms with Gasteiger partial charge in [0.05, 0.1) is 19.1 Å². The summed E-state index contributed by atoms with van der Waals surface area (Å²) in [4.78, 5) is 13.9. The summed E-state index contributed by atoms with van der Waals surface area (Å²) in [5, 5.41) is 3.43. The van der Waals surface area contributed by atoms with Crippen LogP contribution in [0.4, 0.5) is 4.39 Å². The lowest BCUT2D eigenvalue weighted by Crippen LogP contribution is -2.54. The van der Waals surface area contributed by atoms with Gasteiger partial charge in [-0.05, 0) is 68.2 Å². The highest BCUT2D eigenvalue weighted by Crippen LogP contribution is 2.49. The van der Waals surface area contributed by atoms with Crippen molar-refractivity contribution in [2.75, 3.05) is 39.9 Å². The Labute approximate surface area is 166 Å². The molecule has 0 unspecified atom stereocenters. The molecule has 1 aliphatic carbocycles. The van der Waals surface area contributed by atoms with Gasteiger partial charge in [-0.2, -0.15) is 0 Å². The first-order valence-electron chi connectivity index (χ1n) is 10.6. The third kappa shape index (κ3) is 4.66. The Bertz CT molecular complexity index is 686. The summed E-state index contributed by atoms with van der Waals surface area (Å²) in [6.07, 6.45) is 5.18. The molecule has 4 rings (SSSR count). The molecule has 1 aromatic carbocycles. The van der Waals surface area contributed by atoms with Crippen molar-refractivity contribution >= 4 is 5.91 Å². The molecule has 2 aliphatic heterocycles. The fourth-order valence-electron chi connectivity index (χ4n) is 4.61. The predicted octanol–water partition coefficient (Wildman–Crippen LogP) is 2.63. The Morgan fingerprint density at radius 3 is 2.79 bits per heavy atom. The van der Waals surface area contributed by atoms with Crippen LogP contribution in [0.25, 0.3) is 0 Å². The molecular formula is C22H31FN2O3. The third-order valence-electron chi connectivity index (χ3n) is 6.62. The van der Waals surface area contributed by atoms with Gasteiger partial charge in [-0.25, -0.2) is 4.39 Å². The number of hydrogen-bond donors (Lipinski definition) is 1. The van der Waals surface area contributed by atoms with Crippen molar-refractivity contribution in [2.45, 2.75) is 38.2 Å². The van der Waals surface area contributed by atoms with Crippen LogP contribution in [-0.4, -0.2) is 56.8 Å². The highest BCUT2D eigenvalue weighted by atomic mass is 19.1. The van der Waals surface area contributed by atoms with Crippen molar-refractivity contribution in [1.82, 2.24) is 10.2 Å². The molecule has 2 atom stereocenters. The summed E-state index contributed by atoms with van der Waals surface area (Å²) in [6.45, 7) is 4.14. The molecule has 1 N–H and O–H groups in total. The van der Waals surface area contributed by atoms with E-state index in [4.69, 9.17) is 9.47 Å². The maximum absolute atomic E-state index is 14.4. The van der Waals surface area contributed by atoms with Gasteiger partial charge in [0.1, 0.15) is 11.6 Å². The molecule has 1 saturated carbocycles. The molecule has 0 radical (unpaired) electrons. The van der Waals surface area contributed by atoms with Crippen LogP contribution in [0.5, 0.6) is 5.75 Å². The van der Waals surface area contributed by atoms with E-state index in [9.17, 15) is 9.18 Å². The summed E-state index contributed by atoms with van der Waals surface area (Å²) in [5.74, 6) is 2.65. The van der Waals surface area contributed by atoms with E-state index in [1.807, 2.05) is 0 Å². The fraction of sp³-hybridized carbons (Fsp3) is 0.682. The standard InChI is InChI=1S/C22H31FN2O3/c1-27-19-13-25(14-19)22(26)11-17-2-3-18(12-21(17)23)28-9-6-16-10-20(16)15-4-7-24-8-5-15/h2-3,12,15-16,19-20,24H,4-11,13-14H2,1H3/t16-,20-/m1/s1. The molecule has 28 heavy (non-hydrogen) atoms. The lowest BCUT2D eigenvalue weighted by Gasteiger charge is -2.38. The molecule has 154 valence electrons. The highest BCUT2D eigenvalue weighted by molar-refractivity contribution is 5.79. The highest BCUT2D eigenvalue weighted by Gasteiger charge is 2.42. The molecule has 1 amide bonds. The largest absolute Gasteiger partial charge is 0.493 e. The van der Waals surface area contributed by atoms with Gasteiger partial charge in [-0.1, -0.05) is 6.07 Å². The molecule has 0 bridgehead atoms. The summed E-state index contributed by atoms with van der Waals surface area (Å²) in [6, 6.07) is 4.86. The van der Waals surface area contributed by atoms with Gasteiger partial charge in [0, 0.05) is 26.3 Å². The first-order valence-corrected chi connectivity index (χ1v) is 10.6. The van der Waals surface area contributed by atoms with E-state index in [0.717, 1.165) is 37.3 Å². The van der Waals surface area contributed by atoms with Gasteiger partial charge in [0.15, 0.2) is 0 Å². The number of amides is 1. The number of benzene rings is 1. The van der Waals surface area contributed by atoms with E-state index in [1.165, 1.54) is 25.3 Å². The molecule has 2 heterocycles. The smallest absolute Gasteiger partial charge is 0.227 e. The van der Waals surface area contributed by atoms with Crippen LogP contribution < -0.4 is 10.1 Å². The molecule has 2 saturated heterocycles.